The average molecular weight is 310 g/mol. The van der Waals surface area contributed by atoms with Gasteiger partial charge >= 0.3 is 0 Å². The van der Waals surface area contributed by atoms with Crippen molar-refractivity contribution < 1.29 is 0 Å². The summed E-state index contributed by atoms with van der Waals surface area (Å²) in [6.45, 7) is 9.46. The largest absolute Gasteiger partial charge is 0.351 e. The molecule has 3 aliphatic rings. The molecule has 0 radical (unpaired) electrons. The molecule has 2 nitrogen and oxygen atoms in total. The second-order valence-corrected chi connectivity index (χ2v) is 8.30. The van der Waals surface area contributed by atoms with Crippen molar-refractivity contribution in [2.75, 3.05) is 4.90 Å². The smallest absolute Gasteiger partial charge is 0.0865 e. The van der Waals surface area contributed by atoms with Gasteiger partial charge in [-0.25, -0.2) is 0 Å². The van der Waals surface area contributed by atoms with Crippen molar-refractivity contribution >= 4 is 5.69 Å². The predicted molar refractivity (Wildman–Crippen MR) is 97.7 cm³/mol. The van der Waals surface area contributed by atoms with Gasteiger partial charge in [0.2, 0.25) is 0 Å². The maximum absolute atomic E-state index is 2.81. The van der Waals surface area contributed by atoms with Crippen LogP contribution in [0.2, 0.25) is 0 Å². The van der Waals surface area contributed by atoms with E-state index in [1.54, 1.807) is 0 Å². The maximum atomic E-state index is 2.81. The number of nitrogens with zero attached hydrogens (tertiary/aromatic N) is 2. The van der Waals surface area contributed by atoms with Crippen LogP contribution >= 0.6 is 0 Å². The minimum atomic E-state index is 0.170. The molecule has 0 spiro atoms. The molecule has 1 aromatic carbocycles. The summed E-state index contributed by atoms with van der Waals surface area (Å²) in [5.74, 6) is 0.807. The molecular weight excluding hydrogens is 280 g/mol. The van der Waals surface area contributed by atoms with Crippen LogP contribution in [-0.2, 0) is 0 Å². The summed E-state index contributed by atoms with van der Waals surface area (Å²) < 4.78 is 0. The molecule has 0 aromatic heterocycles. The van der Waals surface area contributed by atoms with Gasteiger partial charge in [0, 0.05) is 17.3 Å². The summed E-state index contributed by atoms with van der Waals surface area (Å²) in [7, 11) is 0. The summed E-state index contributed by atoms with van der Waals surface area (Å²) in [5.41, 5.74) is 3.02. The first-order valence-electron chi connectivity index (χ1n) is 9.32. The lowest BCUT2D eigenvalue weighted by molar-refractivity contribution is 0.0981. The number of aryl methyl sites for hydroxylation is 1. The molecule has 1 aliphatic carbocycles. The normalized spacial score (nSPS) is 33.6. The Morgan fingerprint density at radius 2 is 1.78 bits per heavy atom. The van der Waals surface area contributed by atoms with E-state index >= 15 is 0 Å². The maximum Gasteiger partial charge on any atom is 0.0865 e. The van der Waals surface area contributed by atoms with Crippen LogP contribution in [0.15, 0.2) is 36.4 Å². The summed E-state index contributed by atoms with van der Waals surface area (Å²) in [6.07, 6.45) is 11.0. The van der Waals surface area contributed by atoms with Gasteiger partial charge in [-0.05, 0) is 58.1 Å². The van der Waals surface area contributed by atoms with Gasteiger partial charge in [0.25, 0.3) is 0 Å². The highest BCUT2D eigenvalue weighted by Crippen LogP contribution is 2.47. The summed E-state index contributed by atoms with van der Waals surface area (Å²) in [6, 6.07) is 10.0. The van der Waals surface area contributed by atoms with E-state index in [0.29, 0.717) is 18.2 Å². The molecule has 1 aromatic rings. The molecule has 3 atom stereocenters. The van der Waals surface area contributed by atoms with Gasteiger partial charge in [0.1, 0.15) is 0 Å². The van der Waals surface area contributed by atoms with Crippen molar-refractivity contribution in [1.82, 2.24) is 4.90 Å². The van der Waals surface area contributed by atoms with E-state index in [9.17, 15) is 0 Å². The lowest BCUT2D eigenvalue weighted by Gasteiger charge is -2.42. The Hall–Kier alpha value is -1.28. The number of para-hydroxylation sites is 1. The zero-order valence-electron chi connectivity index (χ0n) is 15.0. The first-order chi connectivity index (χ1) is 11.0. The topological polar surface area (TPSA) is 6.48 Å². The van der Waals surface area contributed by atoms with E-state index in [1.807, 2.05) is 0 Å². The zero-order valence-corrected chi connectivity index (χ0v) is 15.0. The predicted octanol–water partition coefficient (Wildman–Crippen LogP) is 4.74. The van der Waals surface area contributed by atoms with Crippen LogP contribution in [0.25, 0.3) is 0 Å². The van der Waals surface area contributed by atoms with Gasteiger partial charge in [0.15, 0.2) is 0 Å². The van der Waals surface area contributed by atoms with Crippen LogP contribution in [0.1, 0.15) is 52.0 Å². The van der Waals surface area contributed by atoms with Gasteiger partial charge in [-0.3, -0.25) is 4.90 Å². The average Bonchev–Trinajstić information content (AvgIpc) is 3.19. The highest BCUT2D eigenvalue weighted by molar-refractivity contribution is 5.57. The van der Waals surface area contributed by atoms with E-state index in [1.165, 1.54) is 36.9 Å². The molecule has 124 valence electrons. The number of hydrogen-bond acceptors (Lipinski definition) is 2. The van der Waals surface area contributed by atoms with Crippen molar-refractivity contribution in [3.05, 3.63) is 42.0 Å². The van der Waals surface area contributed by atoms with Crippen LogP contribution in [0.5, 0.6) is 0 Å². The van der Waals surface area contributed by atoms with Crippen LogP contribution in [0.4, 0.5) is 5.69 Å². The minimum Gasteiger partial charge on any atom is -0.351 e. The highest BCUT2D eigenvalue weighted by Gasteiger charge is 2.54. The Labute approximate surface area is 141 Å². The van der Waals surface area contributed by atoms with Gasteiger partial charge < -0.3 is 4.90 Å². The molecule has 0 amide bonds. The van der Waals surface area contributed by atoms with Crippen LogP contribution in [0.3, 0.4) is 0 Å². The van der Waals surface area contributed by atoms with Crippen molar-refractivity contribution in [2.24, 2.45) is 5.92 Å². The van der Waals surface area contributed by atoms with Crippen molar-refractivity contribution in [2.45, 2.75) is 77.2 Å². The Morgan fingerprint density at radius 3 is 2.48 bits per heavy atom. The molecule has 2 unspecified atom stereocenters. The van der Waals surface area contributed by atoms with E-state index in [2.05, 4.69) is 73.9 Å². The third kappa shape index (κ3) is 2.26. The van der Waals surface area contributed by atoms with Crippen LogP contribution in [0, 0.1) is 12.8 Å². The Bertz CT molecular complexity index is 612. The number of fused-ring (bicyclic) bond motifs is 1. The molecule has 4 rings (SSSR count). The second kappa shape index (κ2) is 5.37. The fraction of sp³-hybridized carbons (Fsp3) is 0.619. The minimum absolute atomic E-state index is 0.170. The molecule has 0 bridgehead atoms. The number of anilines is 1. The molecule has 2 aliphatic heterocycles. The molecule has 23 heavy (non-hydrogen) atoms. The van der Waals surface area contributed by atoms with Gasteiger partial charge in [-0.2, -0.15) is 0 Å². The van der Waals surface area contributed by atoms with E-state index in [4.69, 9.17) is 0 Å². The summed E-state index contributed by atoms with van der Waals surface area (Å²) in [4.78, 5) is 5.56. The molecule has 2 heterocycles. The molecular formula is C21H30N2. The molecule has 0 N–H and O–H groups in total. The third-order valence-corrected chi connectivity index (χ3v) is 6.41. The first-order valence-corrected chi connectivity index (χ1v) is 9.32. The van der Waals surface area contributed by atoms with E-state index in [0.717, 1.165) is 5.92 Å². The fourth-order valence-electron chi connectivity index (χ4n) is 5.27. The van der Waals surface area contributed by atoms with Gasteiger partial charge in [0.05, 0.1) is 12.2 Å². The summed E-state index contributed by atoms with van der Waals surface area (Å²) >= 11 is 0. The summed E-state index contributed by atoms with van der Waals surface area (Å²) in [5, 5.41) is 0. The number of benzene rings is 1. The van der Waals surface area contributed by atoms with Crippen molar-refractivity contribution in [1.29, 1.82) is 0 Å². The number of hydrogen-bond donors (Lipinski definition) is 0. The van der Waals surface area contributed by atoms with Crippen molar-refractivity contribution in [3.8, 4) is 0 Å². The Morgan fingerprint density at radius 1 is 1.09 bits per heavy atom. The Kier molecular flexibility index (Phi) is 3.57. The molecule has 1 saturated carbocycles. The second-order valence-electron chi connectivity index (χ2n) is 8.30. The lowest BCUT2D eigenvalue weighted by atomic mass is 9.97. The molecule has 2 fully saturated rings. The lowest BCUT2D eigenvalue weighted by Crippen LogP contribution is -2.52. The van der Waals surface area contributed by atoms with Crippen molar-refractivity contribution in [3.63, 3.8) is 0 Å². The highest BCUT2D eigenvalue weighted by atomic mass is 15.5. The third-order valence-electron chi connectivity index (χ3n) is 6.41. The fourth-order valence-corrected chi connectivity index (χ4v) is 5.27. The Balaban J connectivity index is 1.80. The molecule has 2 heteroatoms. The SMILES string of the molecule is Cc1ccccc1N1C(C2CCCC2)N2C(C=CC2(C)C)[C@@H]1C. The van der Waals surface area contributed by atoms with Gasteiger partial charge in [-0.15, -0.1) is 0 Å². The molecule has 1 saturated heterocycles. The van der Waals surface area contributed by atoms with Gasteiger partial charge in [-0.1, -0.05) is 43.2 Å². The van der Waals surface area contributed by atoms with E-state index < -0.39 is 0 Å². The van der Waals surface area contributed by atoms with Crippen LogP contribution < -0.4 is 4.90 Å². The standard InChI is InChI=1S/C21H30N2/c1-15-9-5-8-12-18(15)22-16(2)19-13-14-21(3,4)23(19)20(22)17-10-6-7-11-17/h5,8-9,12-14,16-17,19-20H,6-7,10-11H2,1-4H3/t16-,19?,20?/m0/s1. The quantitative estimate of drug-likeness (QED) is 0.728. The first kappa shape index (κ1) is 15.3. The number of rotatable bonds is 2. The monoisotopic (exact) mass is 310 g/mol. The van der Waals surface area contributed by atoms with Crippen LogP contribution in [-0.4, -0.2) is 28.7 Å². The zero-order chi connectivity index (χ0) is 16.2. The van der Waals surface area contributed by atoms with E-state index in [-0.39, 0.29) is 5.54 Å².